The van der Waals surface area contributed by atoms with Gasteiger partial charge in [0.1, 0.15) is 11.9 Å². The smallest absolute Gasteiger partial charge is 0.243 e. The third kappa shape index (κ3) is 2.76. The number of aromatic amines is 1. The predicted molar refractivity (Wildman–Crippen MR) is 97.1 cm³/mol. The van der Waals surface area contributed by atoms with Gasteiger partial charge in [-0.3, -0.25) is 4.79 Å². The number of carbonyl (C=O) groups is 1. The standard InChI is InChI=1S/C19H19N5O/c1-12(18-22-14-7-3-4-8-15(14)23-18)21-19(25)13(2)24-11-20-16-9-5-6-10-17(16)24/h3-13H,1-2H3,(H,21,25)(H,22,23)/t12-,13-/m1/s1. The lowest BCUT2D eigenvalue weighted by molar-refractivity contribution is -0.124. The highest BCUT2D eigenvalue weighted by molar-refractivity contribution is 5.84. The number of benzene rings is 2. The van der Waals surface area contributed by atoms with Gasteiger partial charge in [0.05, 0.1) is 34.4 Å². The maximum absolute atomic E-state index is 12.7. The highest BCUT2D eigenvalue weighted by atomic mass is 16.2. The van der Waals surface area contributed by atoms with E-state index in [0.717, 1.165) is 27.9 Å². The van der Waals surface area contributed by atoms with Gasteiger partial charge in [-0.25, -0.2) is 9.97 Å². The number of H-pyrrole nitrogens is 1. The molecule has 0 saturated heterocycles. The number of nitrogens with one attached hydrogen (secondary N) is 2. The second-order valence-electron chi connectivity index (χ2n) is 6.19. The van der Waals surface area contributed by atoms with Crippen molar-refractivity contribution in [2.24, 2.45) is 0 Å². The Morgan fingerprint density at radius 3 is 2.60 bits per heavy atom. The van der Waals surface area contributed by atoms with Crippen molar-refractivity contribution in [2.45, 2.75) is 25.9 Å². The maximum atomic E-state index is 12.7. The quantitative estimate of drug-likeness (QED) is 0.601. The molecule has 2 atom stereocenters. The van der Waals surface area contributed by atoms with Crippen LogP contribution in [0, 0.1) is 0 Å². The molecule has 6 heteroatoms. The van der Waals surface area contributed by atoms with Crippen LogP contribution in [0.2, 0.25) is 0 Å². The monoisotopic (exact) mass is 333 g/mol. The Bertz CT molecular complexity index is 1020. The molecule has 0 spiro atoms. The third-order valence-electron chi connectivity index (χ3n) is 4.45. The van der Waals surface area contributed by atoms with Crippen molar-refractivity contribution < 1.29 is 4.79 Å². The Balaban J connectivity index is 1.54. The predicted octanol–water partition coefficient (Wildman–Crippen LogP) is 3.35. The molecule has 4 rings (SSSR count). The van der Waals surface area contributed by atoms with Gasteiger partial charge in [0, 0.05) is 0 Å². The number of aromatic nitrogens is 4. The molecule has 25 heavy (non-hydrogen) atoms. The van der Waals surface area contributed by atoms with Crippen molar-refractivity contribution in [1.29, 1.82) is 0 Å². The van der Waals surface area contributed by atoms with E-state index in [0.29, 0.717) is 0 Å². The van der Waals surface area contributed by atoms with Gasteiger partial charge < -0.3 is 14.9 Å². The van der Waals surface area contributed by atoms with Crippen LogP contribution < -0.4 is 5.32 Å². The molecule has 1 amide bonds. The van der Waals surface area contributed by atoms with Gasteiger partial charge in [0.15, 0.2) is 0 Å². The molecule has 0 aliphatic heterocycles. The number of carbonyl (C=O) groups excluding carboxylic acids is 1. The first-order valence-corrected chi connectivity index (χ1v) is 8.30. The fraction of sp³-hybridized carbons (Fsp3) is 0.211. The summed E-state index contributed by atoms with van der Waals surface area (Å²) in [6.07, 6.45) is 1.71. The van der Waals surface area contributed by atoms with Gasteiger partial charge >= 0.3 is 0 Å². The number of amides is 1. The summed E-state index contributed by atoms with van der Waals surface area (Å²) in [6.45, 7) is 3.79. The SMILES string of the molecule is C[C@H](C(=O)N[C@H](C)c1nc2ccccc2[nH]1)n1cnc2ccccc21. The molecule has 0 fully saturated rings. The normalized spacial score (nSPS) is 13.8. The average Bonchev–Trinajstić information content (AvgIpc) is 3.25. The zero-order chi connectivity index (χ0) is 17.4. The first kappa shape index (κ1) is 15.4. The zero-order valence-corrected chi connectivity index (χ0v) is 14.1. The van der Waals surface area contributed by atoms with Crippen LogP contribution in [0.5, 0.6) is 0 Å². The van der Waals surface area contributed by atoms with Gasteiger partial charge in [-0.1, -0.05) is 24.3 Å². The topological polar surface area (TPSA) is 75.6 Å². The first-order chi connectivity index (χ1) is 12.1. The fourth-order valence-corrected chi connectivity index (χ4v) is 2.99. The summed E-state index contributed by atoms with van der Waals surface area (Å²) in [4.78, 5) is 24.8. The van der Waals surface area contributed by atoms with Crippen LogP contribution in [-0.2, 0) is 4.79 Å². The minimum atomic E-state index is -0.362. The molecule has 0 aliphatic carbocycles. The highest BCUT2D eigenvalue weighted by Crippen LogP contribution is 2.19. The Morgan fingerprint density at radius 2 is 1.80 bits per heavy atom. The summed E-state index contributed by atoms with van der Waals surface area (Å²) in [5.41, 5.74) is 3.69. The molecule has 0 aliphatic rings. The molecular weight excluding hydrogens is 314 g/mol. The Labute approximate surface area is 144 Å². The largest absolute Gasteiger partial charge is 0.345 e. The third-order valence-corrected chi connectivity index (χ3v) is 4.45. The van der Waals surface area contributed by atoms with Crippen LogP contribution in [0.1, 0.15) is 31.8 Å². The van der Waals surface area contributed by atoms with E-state index in [9.17, 15) is 4.79 Å². The van der Waals surface area contributed by atoms with Crippen LogP contribution in [0.15, 0.2) is 54.9 Å². The van der Waals surface area contributed by atoms with Crippen molar-refractivity contribution in [1.82, 2.24) is 24.8 Å². The van der Waals surface area contributed by atoms with Crippen LogP contribution in [-0.4, -0.2) is 25.4 Å². The number of para-hydroxylation sites is 4. The summed E-state index contributed by atoms with van der Waals surface area (Å²) in [5, 5.41) is 3.03. The van der Waals surface area contributed by atoms with Gasteiger partial charge in [0.25, 0.3) is 0 Å². The average molecular weight is 333 g/mol. The summed E-state index contributed by atoms with van der Waals surface area (Å²) < 4.78 is 1.88. The minimum absolute atomic E-state index is 0.0730. The lowest BCUT2D eigenvalue weighted by Gasteiger charge is -2.17. The molecule has 2 aromatic heterocycles. The van der Waals surface area contributed by atoms with E-state index < -0.39 is 0 Å². The molecule has 0 bridgehead atoms. The fourth-order valence-electron chi connectivity index (χ4n) is 2.99. The number of hydrogen-bond acceptors (Lipinski definition) is 3. The molecule has 0 radical (unpaired) electrons. The molecule has 2 heterocycles. The number of fused-ring (bicyclic) bond motifs is 2. The van der Waals surface area contributed by atoms with E-state index in [1.54, 1.807) is 6.33 Å². The summed E-state index contributed by atoms with van der Waals surface area (Å²) >= 11 is 0. The van der Waals surface area contributed by atoms with Crippen LogP contribution in [0.4, 0.5) is 0 Å². The molecule has 126 valence electrons. The van der Waals surface area contributed by atoms with Gasteiger partial charge in [-0.05, 0) is 38.1 Å². The van der Waals surface area contributed by atoms with Crippen molar-refractivity contribution >= 4 is 28.0 Å². The molecular formula is C19H19N5O. The van der Waals surface area contributed by atoms with Crippen LogP contribution in [0.3, 0.4) is 0 Å². The molecule has 0 unspecified atom stereocenters. The van der Waals surface area contributed by atoms with E-state index in [1.165, 1.54) is 0 Å². The van der Waals surface area contributed by atoms with E-state index in [-0.39, 0.29) is 18.0 Å². The molecule has 0 saturated carbocycles. The summed E-state index contributed by atoms with van der Waals surface area (Å²) in [6, 6.07) is 15.0. The number of nitrogens with zero attached hydrogens (tertiary/aromatic N) is 3. The van der Waals surface area contributed by atoms with Crippen molar-refractivity contribution in [3.05, 3.63) is 60.7 Å². The van der Waals surface area contributed by atoms with E-state index in [2.05, 4.69) is 20.3 Å². The Morgan fingerprint density at radius 1 is 1.08 bits per heavy atom. The van der Waals surface area contributed by atoms with Crippen LogP contribution in [0.25, 0.3) is 22.1 Å². The highest BCUT2D eigenvalue weighted by Gasteiger charge is 2.20. The van der Waals surface area contributed by atoms with Gasteiger partial charge in [-0.15, -0.1) is 0 Å². The molecule has 2 aromatic carbocycles. The first-order valence-electron chi connectivity index (χ1n) is 8.30. The zero-order valence-electron chi connectivity index (χ0n) is 14.1. The second kappa shape index (κ2) is 6.05. The van der Waals surface area contributed by atoms with Crippen molar-refractivity contribution in [2.75, 3.05) is 0 Å². The van der Waals surface area contributed by atoms with Crippen LogP contribution >= 0.6 is 0 Å². The molecule has 6 nitrogen and oxygen atoms in total. The molecule has 2 N–H and O–H groups in total. The lowest BCUT2D eigenvalue weighted by Crippen LogP contribution is -2.33. The number of hydrogen-bond donors (Lipinski definition) is 2. The van der Waals surface area contributed by atoms with Gasteiger partial charge in [-0.2, -0.15) is 0 Å². The van der Waals surface area contributed by atoms with E-state index >= 15 is 0 Å². The maximum Gasteiger partial charge on any atom is 0.243 e. The Kier molecular flexibility index (Phi) is 3.72. The lowest BCUT2D eigenvalue weighted by atomic mass is 10.2. The summed E-state index contributed by atoms with van der Waals surface area (Å²) in [5.74, 6) is 0.674. The summed E-state index contributed by atoms with van der Waals surface area (Å²) in [7, 11) is 0. The minimum Gasteiger partial charge on any atom is -0.345 e. The van der Waals surface area contributed by atoms with Crippen molar-refractivity contribution in [3.8, 4) is 0 Å². The van der Waals surface area contributed by atoms with E-state index in [4.69, 9.17) is 0 Å². The molecule has 4 aromatic rings. The second-order valence-corrected chi connectivity index (χ2v) is 6.19. The van der Waals surface area contributed by atoms with E-state index in [1.807, 2.05) is 66.9 Å². The van der Waals surface area contributed by atoms with Gasteiger partial charge in [0.2, 0.25) is 5.91 Å². The Hall–Kier alpha value is -3.15. The number of rotatable bonds is 4. The van der Waals surface area contributed by atoms with Crippen molar-refractivity contribution in [3.63, 3.8) is 0 Å². The number of imidazole rings is 2.